The molecule has 21 heavy (non-hydrogen) atoms. The lowest BCUT2D eigenvalue weighted by atomic mass is 10.1. The maximum atomic E-state index is 12.8. The van der Waals surface area contributed by atoms with E-state index >= 15 is 0 Å². The van der Waals surface area contributed by atoms with Gasteiger partial charge in [-0.15, -0.1) is 0 Å². The Morgan fingerprint density at radius 3 is 2.48 bits per heavy atom. The summed E-state index contributed by atoms with van der Waals surface area (Å²) in [5, 5.41) is 3.31. The van der Waals surface area contributed by atoms with Crippen LogP contribution in [0.1, 0.15) is 30.4 Å². The Hall–Kier alpha value is -0.850. The van der Waals surface area contributed by atoms with Gasteiger partial charge in [-0.2, -0.15) is 0 Å². The number of hydrogen-bond donors (Lipinski definition) is 1. The molecule has 1 amide bonds. The SMILES string of the molecule is CC(C)n1cc(Br)cc1C(=O)N1CCN(C2CNC2)CC1. The second-order valence-electron chi connectivity index (χ2n) is 6.18. The van der Waals surface area contributed by atoms with Gasteiger partial charge in [0.2, 0.25) is 0 Å². The van der Waals surface area contributed by atoms with E-state index in [1.165, 1.54) is 0 Å². The van der Waals surface area contributed by atoms with E-state index < -0.39 is 0 Å². The van der Waals surface area contributed by atoms with E-state index in [-0.39, 0.29) is 11.9 Å². The number of carbonyl (C=O) groups excluding carboxylic acids is 1. The van der Waals surface area contributed by atoms with E-state index in [0.29, 0.717) is 6.04 Å². The highest BCUT2D eigenvalue weighted by molar-refractivity contribution is 9.10. The lowest BCUT2D eigenvalue weighted by Gasteiger charge is -2.43. The normalized spacial score (nSPS) is 20.9. The van der Waals surface area contributed by atoms with Crippen molar-refractivity contribution in [2.75, 3.05) is 39.3 Å². The molecule has 0 radical (unpaired) electrons. The molecule has 1 aromatic heterocycles. The molecule has 116 valence electrons. The molecule has 0 bridgehead atoms. The highest BCUT2D eigenvalue weighted by atomic mass is 79.9. The second-order valence-corrected chi connectivity index (χ2v) is 7.10. The smallest absolute Gasteiger partial charge is 0.270 e. The Bertz CT molecular complexity index is 516. The Kier molecular flexibility index (Phi) is 4.38. The molecule has 6 heteroatoms. The average molecular weight is 355 g/mol. The number of halogens is 1. The lowest BCUT2D eigenvalue weighted by Crippen LogP contribution is -2.62. The monoisotopic (exact) mass is 354 g/mol. The quantitative estimate of drug-likeness (QED) is 0.895. The van der Waals surface area contributed by atoms with Gasteiger partial charge in [0.1, 0.15) is 5.69 Å². The van der Waals surface area contributed by atoms with Crippen LogP contribution in [0.15, 0.2) is 16.7 Å². The van der Waals surface area contributed by atoms with Gasteiger partial charge in [-0.3, -0.25) is 9.69 Å². The van der Waals surface area contributed by atoms with E-state index in [1.807, 2.05) is 17.2 Å². The fraction of sp³-hybridized carbons (Fsp3) is 0.667. The summed E-state index contributed by atoms with van der Waals surface area (Å²) < 4.78 is 3.02. The van der Waals surface area contributed by atoms with E-state index in [4.69, 9.17) is 0 Å². The molecule has 0 aromatic carbocycles. The van der Waals surface area contributed by atoms with Crippen molar-refractivity contribution >= 4 is 21.8 Å². The molecular weight excluding hydrogens is 332 g/mol. The van der Waals surface area contributed by atoms with Crippen molar-refractivity contribution in [1.82, 2.24) is 19.7 Å². The number of aromatic nitrogens is 1. The summed E-state index contributed by atoms with van der Waals surface area (Å²) in [6.45, 7) is 10.0. The average Bonchev–Trinajstić information content (AvgIpc) is 2.79. The largest absolute Gasteiger partial charge is 0.340 e. The van der Waals surface area contributed by atoms with Gasteiger partial charge >= 0.3 is 0 Å². The summed E-state index contributed by atoms with van der Waals surface area (Å²) in [6, 6.07) is 2.90. The number of rotatable bonds is 3. The first-order chi connectivity index (χ1) is 10.1. The van der Waals surface area contributed by atoms with E-state index in [1.54, 1.807) is 0 Å². The molecule has 0 unspecified atom stereocenters. The fourth-order valence-corrected chi connectivity index (χ4v) is 3.47. The summed E-state index contributed by atoms with van der Waals surface area (Å²) in [6.07, 6.45) is 1.99. The van der Waals surface area contributed by atoms with E-state index in [9.17, 15) is 4.79 Å². The Morgan fingerprint density at radius 2 is 1.95 bits per heavy atom. The molecule has 2 aliphatic rings. The summed E-state index contributed by atoms with van der Waals surface area (Å²) in [7, 11) is 0. The van der Waals surface area contributed by atoms with Crippen LogP contribution in [0.2, 0.25) is 0 Å². The van der Waals surface area contributed by atoms with Crippen LogP contribution < -0.4 is 5.32 Å². The van der Waals surface area contributed by atoms with Crippen LogP contribution in [0, 0.1) is 0 Å². The first-order valence-electron chi connectivity index (χ1n) is 7.67. The second kappa shape index (κ2) is 6.10. The minimum absolute atomic E-state index is 0.154. The van der Waals surface area contributed by atoms with Crippen LogP contribution >= 0.6 is 15.9 Å². The number of nitrogens with zero attached hydrogens (tertiary/aromatic N) is 3. The summed E-state index contributed by atoms with van der Waals surface area (Å²) in [4.78, 5) is 17.2. The van der Waals surface area contributed by atoms with Gasteiger partial charge < -0.3 is 14.8 Å². The van der Waals surface area contributed by atoms with Crippen molar-refractivity contribution in [1.29, 1.82) is 0 Å². The van der Waals surface area contributed by atoms with Gasteiger partial charge in [0.25, 0.3) is 5.91 Å². The van der Waals surface area contributed by atoms with Gasteiger partial charge in [0, 0.05) is 62.0 Å². The molecule has 3 heterocycles. The van der Waals surface area contributed by atoms with Crippen molar-refractivity contribution < 1.29 is 4.79 Å². The third-order valence-corrected chi connectivity index (χ3v) is 4.90. The predicted octanol–water partition coefficient (Wildman–Crippen LogP) is 1.56. The van der Waals surface area contributed by atoms with Crippen LogP contribution in [-0.2, 0) is 0 Å². The minimum Gasteiger partial charge on any atom is -0.340 e. The molecule has 5 nitrogen and oxygen atoms in total. The Morgan fingerprint density at radius 1 is 1.29 bits per heavy atom. The lowest BCUT2D eigenvalue weighted by molar-refractivity contribution is 0.0492. The molecule has 2 saturated heterocycles. The standard InChI is InChI=1S/C15H23BrN4O/c1-11(2)20-10-12(16)7-14(20)15(21)19-5-3-18(4-6-19)13-8-17-9-13/h7,10-11,13,17H,3-6,8-9H2,1-2H3. The number of piperazine rings is 1. The van der Waals surface area contributed by atoms with E-state index in [0.717, 1.165) is 49.4 Å². The minimum atomic E-state index is 0.154. The highest BCUT2D eigenvalue weighted by Crippen LogP contribution is 2.21. The van der Waals surface area contributed by atoms with Gasteiger partial charge in [-0.05, 0) is 35.8 Å². The van der Waals surface area contributed by atoms with Crippen molar-refractivity contribution in [3.8, 4) is 0 Å². The zero-order valence-corrected chi connectivity index (χ0v) is 14.3. The molecule has 0 saturated carbocycles. The van der Waals surface area contributed by atoms with Crippen molar-refractivity contribution in [3.63, 3.8) is 0 Å². The molecule has 1 N–H and O–H groups in total. The Balaban J connectivity index is 1.66. The number of hydrogen-bond acceptors (Lipinski definition) is 3. The zero-order chi connectivity index (χ0) is 15.0. The summed E-state index contributed by atoms with van der Waals surface area (Å²) in [5.41, 5.74) is 0.788. The molecular formula is C15H23BrN4O. The fourth-order valence-electron chi connectivity index (χ4n) is 3.03. The third-order valence-electron chi connectivity index (χ3n) is 4.47. The van der Waals surface area contributed by atoms with Gasteiger partial charge in [0.05, 0.1) is 0 Å². The number of amides is 1. The molecule has 3 rings (SSSR count). The molecule has 0 aliphatic carbocycles. The van der Waals surface area contributed by atoms with Gasteiger partial charge in [-0.25, -0.2) is 0 Å². The first kappa shape index (κ1) is 15.1. The first-order valence-corrected chi connectivity index (χ1v) is 8.47. The van der Waals surface area contributed by atoms with Crippen molar-refractivity contribution in [3.05, 3.63) is 22.4 Å². The molecule has 0 atom stereocenters. The molecule has 2 aliphatic heterocycles. The molecule has 1 aromatic rings. The number of carbonyl (C=O) groups is 1. The topological polar surface area (TPSA) is 40.5 Å². The Labute approximate surface area is 134 Å². The summed E-state index contributed by atoms with van der Waals surface area (Å²) >= 11 is 3.48. The molecule has 0 spiro atoms. The van der Waals surface area contributed by atoms with E-state index in [2.05, 4.69) is 44.6 Å². The predicted molar refractivity (Wildman–Crippen MR) is 86.7 cm³/mol. The van der Waals surface area contributed by atoms with Crippen LogP contribution in [0.25, 0.3) is 0 Å². The van der Waals surface area contributed by atoms with Gasteiger partial charge in [-0.1, -0.05) is 0 Å². The summed E-state index contributed by atoms with van der Waals surface area (Å²) in [5.74, 6) is 0.154. The zero-order valence-electron chi connectivity index (χ0n) is 12.7. The van der Waals surface area contributed by atoms with Crippen LogP contribution in [-0.4, -0.2) is 65.6 Å². The van der Waals surface area contributed by atoms with Crippen molar-refractivity contribution in [2.45, 2.75) is 25.9 Å². The maximum absolute atomic E-state index is 12.8. The van der Waals surface area contributed by atoms with Crippen LogP contribution in [0.3, 0.4) is 0 Å². The molecule has 2 fully saturated rings. The third kappa shape index (κ3) is 3.03. The van der Waals surface area contributed by atoms with Crippen molar-refractivity contribution in [2.24, 2.45) is 0 Å². The van der Waals surface area contributed by atoms with Gasteiger partial charge in [0.15, 0.2) is 0 Å². The maximum Gasteiger partial charge on any atom is 0.270 e. The van der Waals surface area contributed by atoms with Crippen LogP contribution in [0.5, 0.6) is 0 Å². The highest BCUT2D eigenvalue weighted by Gasteiger charge is 2.30. The van der Waals surface area contributed by atoms with Crippen LogP contribution in [0.4, 0.5) is 0 Å². The number of nitrogens with one attached hydrogen (secondary N) is 1.